The van der Waals surface area contributed by atoms with Gasteiger partial charge >= 0.3 is 0 Å². The van der Waals surface area contributed by atoms with Crippen LogP contribution in [0, 0.1) is 5.92 Å². The lowest BCUT2D eigenvalue weighted by Crippen LogP contribution is -2.43. The number of piperidine rings is 1. The summed E-state index contributed by atoms with van der Waals surface area (Å²) in [5.41, 5.74) is 0. The van der Waals surface area contributed by atoms with Crippen LogP contribution in [0.5, 0.6) is 11.5 Å². The standard InChI is InChI=1S/C20H32N2O6S/c1-15(2)28-13-5-10-21-20(23)16-8-11-22(12-9-16)29(24,25)17-6-7-18(26-3)19(14-17)27-4/h6-7,14-16H,5,8-13H2,1-4H3,(H,21,23). The number of ether oxygens (including phenoxy) is 3. The summed E-state index contributed by atoms with van der Waals surface area (Å²) in [7, 11) is -0.687. The molecule has 9 heteroatoms. The number of nitrogens with zero attached hydrogens (tertiary/aromatic N) is 1. The Hall–Kier alpha value is -1.84. The molecule has 1 amide bonds. The highest BCUT2D eigenvalue weighted by molar-refractivity contribution is 7.89. The Morgan fingerprint density at radius 3 is 2.41 bits per heavy atom. The van der Waals surface area contributed by atoms with Gasteiger partial charge in [-0.1, -0.05) is 0 Å². The normalized spacial score (nSPS) is 16.0. The van der Waals surface area contributed by atoms with Crippen LogP contribution in [-0.4, -0.2) is 65.2 Å². The summed E-state index contributed by atoms with van der Waals surface area (Å²) < 4.78 is 43.1. The molecule has 0 aliphatic carbocycles. The molecule has 0 radical (unpaired) electrons. The van der Waals surface area contributed by atoms with Crippen LogP contribution in [0.15, 0.2) is 23.1 Å². The second kappa shape index (κ2) is 10.8. The van der Waals surface area contributed by atoms with Gasteiger partial charge in [-0.15, -0.1) is 0 Å². The minimum absolute atomic E-state index is 0.0160. The molecule has 164 valence electrons. The Morgan fingerprint density at radius 1 is 1.17 bits per heavy atom. The van der Waals surface area contributed by atoms with Crippen LogP contribution in [-0.2, 0) is 19.6 Å². The first-order chi connectivity index (χ1) is 13.8. The molecule has 0 saturated carbocycles. The SMILES string of the molecule is COc1ccc(S(=O)(=O)N2CCC(C(=O)NCCCOC(C)C)CC2)cc1OC. The number of nitrogens with one attached hydrogen (secondary N) is 1. The maximum absolute atomic E-state index is 12.9. The first kappa shape index (κ1) is 23.4. The minimum atomic E-state index is -3.65. The average molecular weight is 429 g/mol. The van der Waals surface area contributed by atoms with E-state index in [4.69, 9.17) is 14.2 Å². The third-order valence-electron chi connectivity index (χ3n) is 4.89. The highest BCUT2D eigenvalue weighted by Crippen LogP contribution is 2.31. The van der Waals surface area contributed by atoms with Crippen LogP contribution < -0.4 is 14.8 Å². The number of rotatable bonds is 10. The highest BCUT2D eigenvalue weighted by Gasteiger charge is 2.32. The maximum atomic E-state index is 12.9. The summed E-state index contributed by atoms with van der Waals surface area (Å²) >= 11 is 0. The lowest BCUT2D eigenvalue weighted by atomic mass is 9.97. The monoisotopic (exact) mass is 428 g/mol. The fourth-order valence-corrected chi connectivity index (χ4v) is 4.72. The fraction of sp³-hybridized carbons (Fsp3) is 0.650. The van der Waals surface area contributed by atoms with Gasteiger partial charge in [0.2, 0.25) is 15.9 Å². The van der Waals surface area contributed by atoms with Crippen molar-refractivity contribution in [2.75, 3.05) is 40.5 Å². The number of methoxy groups -OCH3 is 2. The number of hydrogen-bond donors (Lipinski definition) is 1. The smallest absolute Gasteiger partial charge is 0.243 e. The number of hydrogen-bond acceptors (Lipinski definition) is 6. The Kier molecular flexibility index (Phi) is 8.73. The van der Waals surface area contributed by atoms with Crippen LogP contribution in [0.4, 0.5) is 0 Å². The molecule has 1 saturated heterocycles. The van der Waals surface area contributed by atoms with E-state index >= 15 is 0 Å². The molecule has 0 unspecified atom stereocenters. The van der Waals surface area contributed by atoms with E-state index in [0.717, 1.165) is 6.42 Å². The average Bonchev–Trinajstić information content (AvgIpc) is 2.72. The van der Waals surface area contributed by atoms with E-state index in [9.17, 15) is 13.2 Å². The second-order valence-electron chi connectivity index (χ2n) is 7.26. The van der Waals surface area contributed by atoms with Gasteiger partial charge in [0, 0.05) is 38.2 Å². The molecule has 2 rings (SSSR count). The van der Waals surface area contributed by atoms with Crippen LogP contribution in [0.25, 0.3) is 0 Å². The summed E-state index contributed by atoms with van der Waals surface area (Å²) in [5.74, 6) is 0.653. The zero-order valence-corrected chi connectivity index (χ0v) is 18.5. The first-order valence-corrected chi connectivity index (χ1v) is 11.3. The van der Waals surface area contributed by atoms with Crippen molar-refractivity contribution >= 4 is 15.9 Å². The van der Waals surface area contributed by atoms with Crippen molar-refractivity contribution in [1.29, 1.82) is 0 Å². The van der Waals surface area contributed by atoms with Crippen LogP contribution in [0.2, 0.25) is 0 Å². The van der Waals surface area contributed by atoms with Crippen molar-refractivity contribution in [3.63, 3.8) is 0 Å². The van der Waals surface area contributed by atoms with Gasteiger partial charge in [-0.05, 0) is 45.2 Å². The lowest BCUT2D eigenvalue weighted by molar-refractivity contribution is -0.126. The number of carbonyl (C=O) groups excluding carboxylic acids is 1. The number of carbonyl (C=O) groups is 1. The summed E-state index contributed by atoms with van der Waals surface area (Å²) in [5, 5.41) is 2.92. The van der Waals surface area contributed by atoms with E-state index in [1.807, 2.05) is 13.8 Å². The maximum Gasteiger partial charge on any atom is 0.243 e. The van der Waals surface area contributed by atoms with Gasteiger partial charge in [-0.25, -0.2) is 8.42 Å². The van der Waals surface area contributed by atoms with Gasteiger partial charge in [0.25, 0.3) is 0 Å². The fourth-order valence-electron chi connectivity index (χ4n) is 3.23. The van der Waals surface area contributed by atoms with Gasteiger partial charge < -0.3 is 19.5 Å². The molecule has 0 aromatic heterocycles. The molecule has 0 atom stereocenters. The molecule has 1 N–H and O–H groups in total. The molecule has 1 aliphatic rings. The summed E-state index contributed by atoms with van der Waals surface area (Å²) in [4.78, 5) is 12.5. The molecule has 1 aromatic carbocycles. The highest BCUT2D eigenvalue weighted by atomic mass is 32.2. The molecular weight excluding hydrogens is 396 g/mol. The van der Waals surface area contributed by atoms with E-state index in [1.165, 1.54) is 30.7 Å². The predicted octanol–water partition coefficient (Wildman–Crippen LogP) is 2.04. The van der Waals surface area contributed by atoms with E-state index in [-0.39, 0.29) is 22.8 Å². The molecule has 29 heavy (non-hydrogen) atoms. The lowest BCUT2D eigenvalue weighted by Gasteiger charge is -2.30. The third-order valence-corrected chi connectivity index (χ3v) is 6.78. The quantitative estimate of drug-likeness (QED) is 0.573. The van der Waals surface area contributed by atoms with E-state index in [2.05, 4.69) is 5.32 Å². The molecule has 1 fully saturated rings. The van der Waals surface area contributed by atoms with Gasteiger partial charge in [-0.3, -0.25) is 4.79 Å². The number of amides is 1. The molecular formula is C20H32N2O6S. The van der Waals surface area contributed by atoms with Crippen molar-refractivity contribution in [2.45, 2.75) is 44.1 Å². The molecule has 0 bridgehead atoms. The number of sulfonamides is 1. The van der Waals surface area contributed by atoms with Crippen molar-refractivity contribution in [3.8, 4) is 11.5 Å². The Labute approximate surface area is 173 Å². The number of benzene rings is 1. The Bertz CT molecular complexity index is 773. The van der Waals surface area contributed by atoms with Crippen LogP contribution in [0.1, 0.15) is 33.1 Å². The van der Waals surface area contributed by atoms with Crippen molar-refractivity contribution in [3.05, 3.63) is 18.2 Å². The zero-order chi connectivity index (χ0) is 21.4. The zero-order valence-electron chi connectivity index (χ0n) is 17.6. The third kappa shape index (κ3) is 6.32. The largest absolute Gasteiger partial charge is 0.493 e. The summed E-state index contributed by atoms with van der Waals surface area (Å²) in [6, 6.07) is 4.55. The molecule has 1 heterocycles. The van der Waals surface area contributed by atoms with Gasteiger partial charge in [-0.2, -0.15) is 4.31 Å². The summed E-state index contributed by atoms with van der Waals surface area (Å²) in [6.07, 6.45) is 1.95. The van der Waals surface area contributed by atoms with E-state index in [0.29, 0.717) is 50.6 Å². The molecule has 0 spiro atoms. The summed E-state index contributed by atoms with van der Waals surface area (Å²) in [6.45, 7) is 5.75. The molecule has 1 aliphatic heterocycles. The topological polar surface area (TPSA) is 94.2 Å². The van der Waals surface area contributed by atoms with E-state index < -0.39 is 10.0 Å². The van der Waals surface area contributed by atoms with Gasteiger partial charge in [0.1, 0.15) is 0 Å². The van der Waals surface area contributed by atoms with E-state index in [1.54, 1.807) is 6.07 Å². The Morgan fingerprint density at radius 2 is 1.83 bits per heavy atom. The van der Waals surface area contributed by atoms with Gasteiger partial charge in [0.15, 0.2) is 11.5 Å². The van der Waals surface area contributed by atoms with Gasteiger partial charge in [0.05, 0.1) is 25.2 Å². The van der Waals surface area contributed by atoms with Crippen LogP contribution in [0.3, 0.4) is 0 Å². The second-order valence-corrected chi connectivity index (χ2v) is 9.20. The van der Waals surface area contributed by atoms with Crippen LogP contribution >= 0.6 is 0 Å². The van der Waals surface area contributed by atoms with Crippen molar-refractivity contribution in [1.82, 2.24) is 9.62 Å². The minimum Gasteiger partial charge on any atom is -0.493 e. The van der Waals surface area contributed by atoms with Crippen molar-refractivity contribution < 1.29 is 27.4 Å². The predicted molar refractivity (Wildman–Crippen MR) is 110 cm³/mol. The Balaban J connectivity index is 1.88. The molecule has 8 nitrogen and oxygen atoms in total. The first-order valence-electron chi connectivity index (χ1n) is 9.91. The molecule has 1 aromatic rings. The van der Waals surface area contributed by atoms with Crippen molar-refractivity contribution in [2.24, 2.45) is 5.92 Å².